The van der Waals surface area contributed by atoms with Gasteiger partial charge < -0.3 is 5.11 Å². The number of hydrogen-bond donors (Lipinski definition) is 1. The molecule has 0 amide bonds. The van der Waals surface area contributed by atoms with Gasteiger partial charge in [-0.25, -0.2) is 9.18 Å². The van der Waals surface area contributed by atoms with Crippen LogP contribution in [0.2, 0.25) is 0 Å². The molecule has 14 heavy (non-hydrogen) atoms. The fraction of sp³-hybridized carbons (Fsp3) is 0. The molecule has 2 nitrogen and oxygen atoms in total. The smallest absolute Gasteiger partial charge is 0.337 e. The Morgan fingerprint density at radius 2 is 2.21 bits per heavy atom. The summed E-state index contributed by atoms with van der Waals surface area (Å²) in [5, 5.41) is 10.4. The summed E-state index contributed by atoms with van der Waals surface area (Å²) in [6, 6.07) is 3.31. The van der Waals surface area contributed by atoms with Crippen molar-refractivity contribution in [3.8, 4) is 0 Å². The van der Waals surface area contributed by atoms with Crippen molar-refractivity contribution in [1.29, 1.82) is 0 Å². The molecule has 2 rings (SSSR count). The second kappa shape index (κ2) is 3.33. The lowest BCUT2D eigenvalue weighted by Crippen LogP contribution is -1.98. The molecule has 0 bridgehead atoms. The normalized spacial score (nSPS) is 10.7. The van der Waals surface area contributed by atoms with Gasteiger partial charge in [0, 0.05) is 19.9 Å². The minimum atomic E-state index is -1.13. The molecule has 0 saturated heterocycles. The summed E-state index contributed by atoms with van der Waals surface area (Å²) in [5.41, 5.74) is -0.0127. The van der Waals surface area contributed by atoms with Crippen molar-refractivity contribution in [2.75, 3.05) is 0 Å². The van der Waals surface area contributed by atoms with Crippen LogP contribution in [0.1, 0.15) is 10.4 Å². The lowest BCUT2D eigenvalue weighted by molar-refractivity contribution is 0.0698. The minimum absolute atomic E-state index is 0.0127. The fourth-order valence-electron chi connectivity index (χ4n) is 1.28. The Morgan fingerprint density at radius 1 is 1.50 bits per heavy atom. The Hall–Kier alpha value is -0.940. The Kier molecular flexibility index (Phi) is 2.28. The molecule has 1 N–H and O–H groups in total. The number of carbonyl (C=O) groups is 1. The molecule has 0 aliphatic rings. The van der Waals surface area contributed by atoms with Crippen LogP contribution >= 0.6 is 27.3 Å². The molecule has 5 heteroatoms. The zero-order valence-electron chi connectivity index (χ0n) is 6.75. The number of carboxylic acid groups (broad SMARTS) is 1. The lowest BCUT2D eigenvalue weighted by atomic mass is 10.1. The van der Waals surface area contributed by atoms with Crippen LogP contribution in [-0.4, -0.2) is 11.1 Å². The van der Waals surface area contributed by atoms with Crippen LogP contribution in [0.15, 0.2) is 22.0 Å². The van der Waals surface area contributed by atoms with Gasteiger partial charge in [0.25, 0.3) is 0 Å². The predicted octanol–water partition coefficient (Wildman–Crippen LogP) is 3.50. The maximum Gasteiger partial charge on any atom is 0.337 e. The van der Waals surface area contributed by atoms with Gasteiger partial charge in [0.2, 0.25) is 0 Å². The number of aromatic carboxylic acids is 1. The average molecular weight is 275 g/mol. The van der Waals surface area contributed by atoms with E-state index in [1.54, 1.807) is 12.1 Å². The second-order valence-corrected chi connectivity index (χ2v) is 4.45. The van der Waals surface area contributed by atoms with Gasteiger partial charge >= 0.3 is 5.97 Å². The third-order valence-corrected chi connectivity index (χ3v) is 3.44. The highest BCUT2D eigenvalue weighted by molar-refractivity contribution is 9.10. The van der Waals surface area contributed by atoms with E-state index in [0.717, 1.165) is 0 Å². The monoisotopic (exact) mass is 274 g/mol. The van der Waals surface area contributed by atoms with Crippen molar-refractivity contribution in [2.45, 2.75) is 0 Å². The zero-order chi connectivity index (χ0) is 10.3. The number of thiophene rings is 1. The number of fused-ring (bicyclic) bond motifs is 1. The van der Waals surface area contributed by atoms with Crippen LogP contribution in [0.5, 0.6) is 0 Å². The van der Waals surface area contributed by atoms with Gasteiger partial charge in [0.1, 0.15) is 5.82 Å². The molecule has 1 aromatic carbocycles. The molecule has 0 atom stereocenters. The summed E-state index contributed by atoms with van der Waals surface area (Å²) in [7, 11) is 0. The van der Waals surface area contributed by atoms with Gasteiger partial charge in [-0.3, -0.25) is 0 Å². The molecular weight excluding hydrogens is 271 g/mol. The van der Waals surface area contributed by atoms with E-state index in [9.17, 15) is 9.18 Å². The Balaban J connectivity index is 2.94. The van der Waals surface area contributed by atoms with E-state index < -0.39 is 11.8 Å². The quantitative estimate of drug-likeness (QED) is 0.864. The predicted molar refractivity (Wildman–Crippen MR) is 56.4 cm³/mol. The summed E-state index contributed by atoms with van der Waals surface area (Å²) >= 11 is 4.29. The standard InChI is InChI=1S/C9H4BrFO2S/c10-4-1-2-6-8(5(11)3-14-6)7(4)9(12)13/h1-3H,(H,12,13). The average Bonchev–Trinajstić information content (AvgIpc) is 2.47. The van der Waals surface area contributed by atoms with Crippen molar-refractivity contribution >= 4 is 43.3 Å². The first-order valence-electron chi connectivity index (χ1n) is 3.69. The van der Waals surface area contributed by atoms with Crippen molar-refractivity contribution in [1.82, 2.24) is 0 Å². The first kappa shape index (κ1) is 9.61. The summed E-state index contributed by atoms with van der Waals surface area (Å²) in [6.45, 7) is 0. The molecule has 0 radical (unpaired) electrons. The maximum atomic E-state index is 13.3. The van der Waals surface area contributed by atoms with E-state index in [-0.39, 0.29) is 10.9 Å². The van der Waals surface area contributed by atoms with Gasteiger partial charge in [-0.1, -0.05) is 0 Å². The van der Waals surface area contributed by atoms with Gasteiger partial charge in [0.15, 0.2) is 0 Å². The van der Waals surface area contributed by atoms with Crippen molar-refractivity contribution in [3.63, 3.8) is 0 Å². The van der Waals surface area contributed by atoms with E-state index in [2.05, 4.69) is 15.9 Å². The van der Waals surface area contributed by atoms with Crippen molar-refractivity contribution in [3.05, 3.63) is 33.4 Å². The SMILES string of the molecule is O=C(O)c1c(Br)ccc2scc(F)c12. The minimum Gasteiger partial charge on any atom is -0.478 e. The second-order valence-electron chi connectivity index (χ2n) is 2.68. The Morgan fingerprint density at radius 3 is 2.86 bits per heavy atom. The molecule has 0 unspecified atom stereocenters. The van der Waals surface area contributed by atoms with Crippen LogP contribution in [0, 0.1) is 5.82 Å². The van der Waals surface area contributed by atoms with Gasteiger partial charge in [-0.2, -0.15) is 0 Å². The molecule has 2 aromatic rings. The molecule has 72 valence electrons. The number of rotatable bonds is 1. The summed E-state index contributed by atoms with van der Waals surface area (Å²) < 4.78 is 14.3. The number of hydrogen-bond acceptors (Lipinski definition) is 2. The Bertz CT molecular complexity index is 521. The number of benzene rings is 1. The molecule has 1 aromatic heterocycles. The largest absolute Gasteiger partial charge is 0.478 e. The molecule has 0 fully saturated rings. The highest BCUT2D eigenvalue weighted by atomic mass is 79.9. The van der Waals surface area contributed by atoms with Crippen LogP contribution in [0.4, 0.5) is 4.39 Å². The van der Waals surface area contributed by atoms with Crippen LogP contribution in [-0.2, 0) is 0 Å². The highest BCUT2D eigenvalue weighted by Crippen LogP contribution is 2.32. The Labute approximate surface area is 91.1 Å². The molecule has 0 spiro atoms. The summed E-state index contributed by atoms with van der Waals surface area (Å²) in [5.74, 6) is -1.61. The molecular formula is C9H4BrFO2S. The van der Waals surface area contributed by atoms with Gasteiger partial charge in [-0.15, -0.1) is 11.3 Å². The number of halogens is 2. The fourth-order valence-corrected chi connectivity index (χ4v) is 2.59. The highest BCUT2D eigenvalue weighted by Gasteiger charge is 2.17. The number of carboxylic acids is 1. The topological polar surface area (TPSA) is 37.3 Å². The van der Waals surface area contributed by atoms with E-state index in [1.807, 2.05) is 0 Å². The third-order valence-electron chi connectivity index (χ3n) is 1.86. The summed E-state index contributed by atoms with van der Waals surface area (Å²) in [6.07, 6.45) is 0. The molecule has 0 aliphatic carbocycles. The first-order chi connectivity index (χ1) is 6.61. The molecule has 1 heterocycles. The zero-order valence-corrected chi connectivity index (χ0v) is 9.15. The lowest BCUT2D eigenvalue weighted by Gasteiger charge is -2.00. The molecule has 0 saturated carbocycles. The van der Waals surface area contributed by atoms with E-state index in [4.69, 9.17) is 5.11 Å². The van der Waals surface area contributed by atoms with Gasteiger partial charge in [-0.05, 0) is 28.1 Å². The van der Waals surface area contributed by atoms with E-state index in [1.165, 1.54) is 16.7 Å². The van der Waals surface area contributed by atoms with Crippen molar-refractivity contribution < 1.29 is 14.3 Å². The first-order valence-corrected chi connectivity index (χ1v) is 5.37. The van der Waals surface area contributed by atoms with E-state index >= 15 is 0 Å². The van der Waals surface area contributed by atoms with Crippen LogP contribution in [0.3, 0.4) is 0 Å². The maximum absolute atomic E-state index is 13.3. The van der Waals surface area contributed by atoms with Gasteiger partial charge in [0.05, 0.1) is 5.56 Å². The third kappa shape index (κ3) is 1.33. The van der Waals surface area contributed by atoms with E-state index in [0.29, 0.717) is 9.17 Å². The molecule has 0 aliphatic heterocycles. The summed E-state index contributed by atoms with van der Waals surface area (Å²) in [4.78, 5) is 10.9. The van der Waals surface area contributed by atoms with Crippen LogP contribution < -0.4 is 0 Å². The van der Waals surface area contributed by atoms with Crippen molar-refractivity contribution in [2.24, 2.45) is 0 Å². The van der Waals surface area contributed by atoms with Crippen LogP contribution in [0.25, 0.3) is 10.1 Å².